The summed E-state index contributed by atoms with van der Waals surface area (Å²) in [5.41, 5.74) is 3.10. The van der Waals surface area contributed by atoms with Crippen LogP contribution in [-0.4, -0.2) is 27.5 Å². The highest BCUT2D eigenvalue weighted by atomic mass is 15.2. The molecule has 2 aromatic heterocycles. The molecule has 0 aliphatic heterocycles. The van der Waals surface area contributed by atoms with E-state index in [1.54, 1.807) is 13.2 Å². The smallest absolute Gasteiger partial charge is 0.191 e. The quantitative estimate of drug-likeness (QED) is 0.570. The lowest BCUT2D eigenvalue weighted by molar-refractivity contribution is 0.733. The van der Waals surface area contributed by atoms with Crippen molar-refractivity contribution in [3.63, 3.8) is 0 Å². The van der Waals surface area contributed by atoms with Crippen LogP contribution in [0.2, 0.25) is 0 Å². The zero-order valence-electron chi connectivity index (χ0n) is 13.3. The fourth-order valence-corrected chi connectivity index (χ4v) is 2.41. The fourth-order valence-electron chi connectivity index (χ4n) is 2.41. The minimum atomic E-state index is 0.604. The molecule has 118 valence electrons. The Morgan fingerprint density at radius 1 is 1.09 bits per heavy atom. The first kappa shape index (κ1) is 15.0. The lowest BCUT2D eigenvalue weighted by Gasteiger charge is -2.11. The Kier molecular flexibility index (Phi) is 4.52. The number of benzene rings is 1. The van der Waals surface area contributed by atoms with E-state index in [-0.39, 0.29) is 0 Å². The Hall–Kier alpha value is -2.89. The van der Waals surface area contributed by atoms with Gasteiger partial charge in [-0.05, 0) is 24.3 Å². The zero-order valence-corrected chi connectivity index (χ0v) is 13.3. The summed E-state index contributed by atoms with van der Waals surface area (Å²) in [7, 11) is 3.78. The van der Waals surface area contributed by atoms with Gasteiger partial charge in [-0.15, -0.1) is 0 Å². The lowest BCUT2D eigenvalue weighted by atomic mass is 10.3. The van der Waals surface area contributed by atoms with Gasteiger partial charge in [0.1, 0.15) is 5.82 Å². The van der Waals surface area contributed by atoms with Gasteiger partial charge in [-0.2, -0.15) is 0 Å². The van der Waals surface area contributed by atoms with Crippen molar-refractivity contribution in [3.05, 3.63) is 60.2 Å². The Bertz CT molecular complexity index is 806. The van der Waals surface area contributed by atoms with Crippen LogP contribution >= 0.6 is 0 Å². The molecule has 0 fully saturated rings. The van der Waals surface area contributed by atoms with Gasteiger partial charge in [0, 0.05) is 20.3 Å². The van der Waals surface area contributed by atoms with E-state index in [2.05, 4.69) is 36.2 Å². The third kappa shape index (κ3) is 3.48. The first-order valence-corrected chi connectivity index (χ1v) is 7.52. The molecule has 0 bridgehead atoms. The van der Waals surface area contributed by atoms with E-state index >= 15 is 0 Å². The van der Waals surface area contributed by atoms with Crippen LogP contribution in [0.5, 0.6) is 0 Å². The molecule has 0 spiro atoms. The predicted octanol–water partition coefficient (Wildman–Crippen LogP) is 1.83. The van der Waals surface area contributed by atoms with Crippen molar-refractivity contribution < 1.29 is 0 Å². The second-order valence-electron chi connectivity index (χ2n) is 5.18. The first-order chi connectivity index (χ1) is 11.3. The molecular formula is C17H20N6. The molecule has 0 atom stereocenters. The molecule has 6 heteroatoms. The maximum Gasteiger partial charge on any atom is 0.191 e. The predicted molar refractivity (Wildman–Crippen MR) is 92.0 cm³/mol. The third-order valence-corrected chi connectivity index (χ3v) is 3.68. The number of hydrogen-bond acceptors (Lipinski definition) is 3. The summed E-state index contributed by atoms with van der Waals surface area (Å²) in [5, 5.41) is 6.53. The molecule has 0 unspecified atom stereocenters. The number of nitrogens with one attached hydrogen (secondary N) is 2. The average Bonchev–Trinajstić information content (AvgIpc) is 2.92. The second-order valence-corrected chi connectivity index (χ2v) is 5.18. The highest BCUT2D eigenvalue weighted by molar-refractivity contribution is 5.80. The van der Waals surface area contributed by atoms with Gasteiger partial charge in [0.2, 0.25) is 0 Å². The highest BCUT2D eigenvalue weighted by Gasteiger charge is 2.07. The molecule has 2 N–H and O–H groups in total. The van der Waals surface area contributed by atoms with Crippen LogP contribution in [0.1, 0.15) is 11.5 Å². The first-order valence-electron chi connectivity index (χ1n) is 7.52. The van der Waals surface area contributed by atoms with E-state index in [4.69, 9.17) is 0 Å². The minimum absolute atomic E-state index is 0.604. The van der Waals surface area contributed by atoms with Crippen LogP contribution in [0.3, 0.4) is 0 Å². The SMILES string of the molecule is CN=C(NCc1ccccn1)NCc1nc2ccccc2n1C. The van der Waals surface area contributed by atoms with Crippen LogP contribution in [0.15, 0.2) is 53.7 Å². The number of imidazole rings is 1. The topological polar surface area (TPSA) is 67.1 Å². The zero-order chi connectivity index (χ0) is 16.1. The number of hydrogen-bond donors (Lipinski definition) is 2. The lowest BCUT2D eigenvalue weighted by Crippen LogP contribution is -2.37. The highest BCUT2D eigenvalue weighted by Crippen LogP contribution is 2.13. The van der Waals surface area contributed by atoms with Crippen LogP contribution in [0, 0.1) is 0 Å². The van der Waals surface area contributed by atoms with Crippen molar-refractivity contribution in [2.75, 3.05) is 7.05 Å². The van der Waals surface area contributed by atoms with E-state index in [1.807, 2.05) is 43.4 Å². The maximum absolute atomic E-state index is 4.64. The summed E-state index contributed by atoms with van der Waals surface area (Å²) in [6.45, 7) is 1.23. The number of nitrogens with zero attached hydrogens (tertiary/aromatic N) is 4. The second kappa shape index (κ2) is 6.91. The van der Waals surface area contributed by atoms with Gasteiger partial charge in [-0.1, -0.05) is 18.2 Å². The van der Waals surface area contributed by atoms with Crippen LogP contribution < -0.4 is 10.6 Å². The molecule has 0 saturated carbocycles. The third-order valence-electron chi connectivity index (χ3n) is 3.68. The van der Waals surface area contributed by atoms with Crippen LogP contribution in [0.25, 0.3) is 11.0 Å². The molecule has 0 amide bonds. The summed E-state index contributed by atoms with van der Waals surface area (Å²) in [5.74, 6) is 1.69. The molecular weight excluding hydrogens is 288 g/mol. The van der Waals surface area contributed by atoms with E-state index in [0.717, 1.165) is 28.5 Å². The molecule has 6 nitrogen and oxygen atoms in total. The molecule has 23 heavy (non-hydrogen) atoms. The van der Waals surface area contributed by atoms with Gasteiger partial charge in [-0.25, -0.2) is 4.98 Å². The van der Waals surface area contributed by atoms with Gasteiger partial charge in [0.15, 0.2) is 5.96 Å². The number of fused-ring (bicyclic) bond motifs is 1. The molecule has 2 heterocycles. The Morgan fingerprint density at radius 2 is 1.87 bits per heavy atom. The van der Waals surface area contributed by atoms with Crippen molar-refractivity contribution in [1.82, 2.24) is 25.2 Å². The van der Waals surface area contributed by atoms with Gasteiger partial charge >= 0.3 is 0 Å². The number of para-hydroxylation sites is 2. The molecule has 0 radical (unpaired) electrons. The number of aryl methyl sites for hydroxylation is 1. The molecule has 0 aliphatic carbocycles. The van der Waals surface area contributed by atoms with Crippen molar-refractivity contribution in [2.45, 2.75) is 13.1 Å². The van der Waals surface area contributed by atoms with Crippen molar-refractivity contribution in [2.24, 2.45) is 12.0 Å². The number of rotatable bonds is 4. The number of aliphatic imine (C=N–C) groups is 1. The summed E-state index contributed by atoms with van der Waals surface area (Å²) in [6.07, 6.45) is 1.78. The largest absolute Gasteiger partial charge is 0.351 e. The van der Waals surface area contributed by atoms with E-state index in [9.17, 15) is 0 Å². The van der Waals surface area contributed by atoms with E-state index < -0.39 is 0 Å². The summed E-state index contributed by atoms with van der Waals surface area (Å²) in [6, 6.07) is 14.0. The standard InChI is InChI=1S/C17H20N6/c1-18-17(20-11-13-7-5-6-10-19-13)21-12-16-22-14-8-3-4-9-15(14)23(16)2/h3-10H,11-12H2,1-2H3,(H2,18,20,21). The van der Waals surface area contributed by atoms with E-state index in [0.29, 0.717) is 13.1 Å². The Balaban J connectivity index is 1.62. The van der Waals surface area contributed by atoms with E-state index in [1.165, 1.54) is 0 Å². The molecule has 3 aromatic rings. The summed E-state index contributed by atoms with van der Waals surface area (Å²) in [4.78, 5) is 13.2. The minimum Gasteiger partial charge on any atom is -0.351 e. The molecule has 0 saturated heterocycles. The number of guanidine groups is 1. The summed E-state index contributed by atoms with van der Waals surface area (Å²) >= 11 is 0. The molecule has 0 aliphatic rings. The van der Waals surface area contributed by atoms with Gasteiger partial charge in [-0.3, -0.25) is 9.98 Å². The maximum atomic E-state index is 4.64. The Labute approximate surface area is 135 Å². The normalized spacial score (nSPS) is 11.7. The fraction of sp³-hybridized carbons (Fsp3) is 0.235. The molecule has 3 rings (SSSR count). The van der Waals surface area contributed by atoms with Crippen molar-refractivity contribution in [3.8, 4) is 0 Å². The van der Waals surface area contributed by atoms with Crippen LogP contribution in [-0.2, 0) is 20.1 Å². The Morgan fingerprint density at radius 3 is 2.61 bits per heavy atom. The summed E-state index contributed by atoms with van der Waals surface area (Å²) < 4.78 is 2.09. The monoisotopic (exact) mass is 308 g/mol. The number of pyridine rings is 1. The molecule has 1 aromatic carbocycles. The van der Waals surface area contributed by atoms with Crippen LogP contribution in [0.4, 0.5) is 0 Å². The van der Waals surface area contributed by atoms with Crippen molar-refractivity contribution in [1.29, 1.82) is 0 Å². The van der Waals surface area contributed by atoms with Crippen molar-refractivity contribution >= 4 is 17.0 Å². The average molecular weight is 308 g/mol. The van der Waals surface area contributed by atoms with Gasteiger partial charge in [0.25, 0.3) is 0 Å². The van der Waals surface area contributed by atoms with Gasteiger partial charge in [0.05, 0.1) is 29.8 Å². The number of aromatic nitrogens is 3. The van der Waals surface area contributed by atoms with Gasteiger partial charge < -0.3 is 15.2 Å².